The zero-order valence-corrected chi connectivity index (χ0v) is 18.1. The highest BCUT2D eigenvalue weighted by Gasteiger charge is 2.45. The van der Waals surface area contributed by atoms with Gasteiger partial charge in [0.1, 0.15) is 5.82 Å². The summed E-state index contributed by atoms with van der Waals surface area (Å²) in [6.45, 7) is 0.0144. The number of para-hydroxylation sites is 1. The fourth-order valence-corrected chi connectivity index (χ4v) is 4.20. The van der Waals surface area contributed by atoms with Gasteiger partial charge in [0.25, 0.3) is 5.91 Å². The standard InChI is InChI=1S/C26H19FN2O5/c1-33-19-10-4-7-16-12-20(34-25(16)19)23(30)21-22(17-8-2-3-9-18(17)27)29(26(32)24(21)31)14-15-6-5-11-28-13-15/h2-13,22,31H,14H2,1H3/t22-/m1/s1. The SMILES string of the molecule is COc1cccc2cc(C(=O)C3=C(O)C(=O)N(Cc4cccnc4)[C@@H]3c3ccccc3F)oc12. The molecule has 7 nitrogen and oxygen atoms in total. The number of aromatic nitrogens is 1. The molecule has 0 aliphatic carbocycles. The molecule has 0 spiro atoms. The second-order valence-corrected chi connectivity index (χ2v) is 7.80. The van der Waals surface area contributed by atoms with Crippen LogP contribution in [0.4, 0.5) is 4.39 Å². The summed E-state index contributed by atoms with van der Waals surface area (Å²) in [6.07, 6.45) is 3.15. The number of aliphatic hydroxyl groups is 1. The van der Waals surface area contributed by atoms with Crippen LogP contribution in [0.1, 0.15) is 27.7 Å². The van der Waals surface area contributed by atoms with Crippen molar-refractivity contribution in [3.8, 4) is 5.75 Å². The molecule has 0 radical (unpaired) electrons. The fourth-order valence-electron chi connectivity index (χ4n) is 4.20. The van der Waals surface area contributed by atoms with Crippen LogP contribution in [0.15, 0.2) is 88.8 Å². The lowest BCUT2D eigenvalue weighted by Crippen LogP contribution is -2.31. The van der Waals surface area contributed by atoms with Crippen LogP contribution in [0.2, 0.25) is 0 Å². The minimum Gasteiger partial charge on any atom is -0.503 e. The molecule has 8 heteroatoms. The minimum absolute atomic E-state index is 0.0144. The van der Waals surface area contributed by atoms with Crippen molar-refractivity contribution in [2.45, 2.75) is 12.6 Å². The van der Waals surface area contributed by atoms with E-state index in [0.717, 1.165) is 0 Å². The van der Waals surface area contributed by atoms with Crippen molar-refractivity contribution in [2.75, 3.05) is 7.11 Å². The Hall–Kier alpha value is -4.46. The lowest BCUT2D eigenvalue weighted by Gasteiger charge is -2.27. The highest BCUT2D eigenvalue weighted by Crippen LogP contribution is 2.41. The van der Waals surface area contributed by atoms with Crippen LogP contribution in [0.25, 0.3) is 11.0 Å². The van der Waals surface area contributed by atoms with Gasteiger partial charge in [-0.25, -0.2) is 4.39 Å². The van der Waals surface area contributed by atoms with Gasteiger partial charge in [-0.1, -0.05) is 36.4 Å². The molecule has 34 heavy (non-hydrogen) atoms. The average molecular weight is 458 g/mol. The van der Waals surface area contributed by atoms with Crippen LogP contribution >= 0.6 is 0 Å². The van der Waals surface area contributed by atoms with E-state index in [1.807, 2.05) is 0 Å². The second-order valence-electron chi connectivity index (χ2n) is 7.80. The Morgan fingerprint density at radius 1 is 1.18 bits per heavy atom. The molecule has 1 aliphatic rings. The Morgan fingerprint density at radius 2 is 2.00 bits per heavy atom. The maximum atomic E-state index is 14.9. The van der Waals surface area contributed by atoms with Gasteiger partial charge in [0.05, 0.1) is 18.7 Å². The number of hydrogen-bond donors (Lipinski definition) is 1. The summed E-state index contributed by atoms with van der Waals surface area (Å²) in [5.41, 5.74) is 0.845. The molecule has 1 atom stereocenters. The highest BCUT2D eigenvalue weighted by molar-refractivity contribution is 6.16. The number of pyridine rings is 1. The van der Waals surface area contributed by atoms with E-state index in [-0.39, 0.29) is 23.4 Å². The molecule has 0 fully saturated rings. The quantitative estimate of drug-likeness (QED) is 0.419. The van der Waals surface area contributed by atoms with Crippen LogP contribution in [-0.4, -0.2) is 33.8 Å². The maximum Gasteiger partial charge on any atom is 0.290 e. The third-order valence-electron chi connectivity index (χ3n) is 5.78. The summed E-state index contributed by atoms with van der Waals surface area (Å²) in [5, 5.41) is 11.4. The van der Waals surface area contributed by atoms with Gasteiger partial charge in [-0.15, -0.1) is 0 Å². The van der Waals surface area contributed by atoms with Gasteiger partial charge < -0.3 is 19.2 Å². The molecule has 0 saturated heterocycles. The molecule has 4 aromatic rings. The normalized spacial score (nSPS) is 15.9. The molecule has 1 N–H and O–H groups in total. The van der Waals surface area contributed by atoms with Crippen molar-refractivity contribution < 1.29 is 28.2 Å². The van der Waals surface area contributed by atoms with Gasteiger partial charge in [0, 0.05) is 29.9 Å². The first-order valence-corrected chi connectivity index (χ1v) is 10.5. The van der Waals surface area contributed by atoms with Gasteiger partial charge in [-0.3, -0.25) is 14.6 Å². The van der Waals surface area contributed by atoms with Crippen molar-refractivity contribution in [1.29, 1.82) is 0 Å². The molecule has 1 aliphatic heterocycles. The average Bonchev–Trinajstić information content (AvgIpc) is 3.40. The number of hydrogen-bond acceptors (Lipinski definition) is 6. The molecular weight excluding hydrogens is 439 g/mol. The van der Waals surface area contributed by atoms with Crippen molar-refractivity contribution in [1.82, 2.24) is 9.88 Å². The lowest BCUT2D eigenvalue weighted by molar-refractivity contribution is -0.130. The third-order valence-corrected chi connectivity index (χ3v) is 5.78. The number of halogens is 1. The summed E-state index contributed by atoms with van der Waals surface area (Å²) in [6, 6.07) is 14.8. The molecule has 3 heterocycles. The number of methoxy groups -OCH3 is 1. The Labute approximate surface area is 193 Å². The number of benzene rings is 2. The van der Waals surface area contributed by atoms with Crippen molar-refractivity contribution >= 4 is 22.7 Å². The molecule has 0 bridgehead atoms. The van der Waals surface area contributed by atoms with Gasteiger partial charge in [-0.2, -0.15) is 0 Å². The smallest absolute Gasteiger partial charge is 0.290 e. The molecule has 0 saturated carbocycles. The highest BCUT2D eigenvalue weighted by atomic mass is 19.1. The van der Waals surface area contributed by atoms with Gasteiger partial charge in [-0.05, 0) is 29.8 Å². The van der Waals surface area contributed by atoms with E-state index in [1.165, 1.54) is 36.3 Å². The molecule has 5 rings (SSSR count). The van der Waals surface area contributed by atoms with Crippen LogP contribution in [0.3, 0.4) is 0 Å². The molecule has 0 unspecified atom stereocenters. The van der Waals surface area contributed by atoms with Crippen LogP contribution in [0.5, 0.6) is 5.75 Å². The lowest BCUT2D eigenvalue weighted by atomic mass is 9.94. The Kier molecular flexibility index (Phi) is 5.33. The number of aliphatic hydroxyl groups excluding tert-OH is 1. The summed E-state index contributed by atoms with van der Waals surface area (Å²) in [5.74, 6) is -2.52. The Balaban J connectivity index is 1.62. The second kappa shape index (κ2) is 8.47. The van der Waals surface area contributed by atoms with Gasteiger partial charge in [0.2, 0.25) is 5.78 Å². The fraction of sp³-hybridized carbons (Fsp3) is 0.115. The van der Waals surface area contributed by atoms with E-state index >= 15 is 0 Å². The van der Waals surface area contributed by atoms with E-state index in [1.54, 1.807) is 48.8 Å². The Bertz CT molecular complexity index is 1440. The minimum atomic E-state index is -1.16. The first-order valence-electron chi connectivity index (χ1n) is 10.5. The van der Waals surface area contributed by atoms with Crippen LogP contribution in [0, 0.1) is 5.82 Å². The first-order chi connectivity index (χ1) is 16.5. The van der Waals surface area contributed by atoms with Crippen molar-refractivity contribution in [3.05, 3.63) is 107 Å². The molecule has 170 valence electrons. The number of furan rings is 1. The maximum absolute atomic E-state index is 14.9. The number of nitrogens with zero attached hydrogens (tertiary/aromatic N) is 2. The predicted octanol–water partition coefficient (Wildman–Crippen LogP) is 4.75. The number of fused-ring (bicyclic) bond motifs is 1. The van der Waals surface area contributed by atoms with Gasteiger partial charge >= 0.3 is 0 Å². The number of ketones is 1. The van der Waals surface area contributed by atoms with Crippen molar-refractivity contribution in [2.24, 2.45) is 0 Å². The molecule has 2 aromatic carbocycles. The van der Waals surface area contributed by atoms with E-state index in [0.29, 0.717) is 22.3 Å². The van der Waals surface area contributed by atoms with Gasteiger partial charge in [0.15, 0.2) is 22.9 Å². The van der Waals surface area contributed by atoms with E-state index in [4.69, 9.17) is 9.15 Å². The zero-order chi connectivity index (χ0) is 23.8. The third kappa shape index (κ3) is 3.49. The number of Topliss-reactive ketones (excluding diaryl/α,β-unsaturated/α-hetero) is 1. The Morgan fingerprint density at radius 3 is 2.74 bits per heavy atom. The van der Waals surface area contributed by atoms with E-state index < -0.39 is 29.3 Å². The van der Waals surface area contributed by atoms with Crippen LogP contribution < -0.4 is 4.74 Å². The number of ether oxygens (including phenoxy) is 1. The molecule has 1 amide bonds. The topological polar surface area (TPSA) is 92.9 Å². The van der Waals surface area contributed by atoms with Crippen molar-refractivity contribution in [3.63, 3.8) is 0 Å². The first kappa shape index (κ1) is 21.4. The number of carbonyl (C=O) groups excluding carboxylic acids is 2. The predicted molar refractivity (Wildman–Crippen MR) is 121 cm³/mol. The van der Waals surface area contributed by atoms with E-state index in [2.05, 4.69) is 4.98 Å². The number of amides is 1. The summed E-state index contributed by atoms with van der Waals surface area (Å²) in [7, 11) is 1.48. The number of carbonyl (C=O) groups is 2. The monoisotopic (exact) mass is 458 g/mol. The van der Waals surface area contributed by atoms with E-state index in [9.17, 15) is 19.1 Å². The number of rotatable bonds is 6. The van der Waals surface area contributed by atoms with Crippen LogP contribution in [-0.2, 0) is 11.3 Å². The molecular formula is C26H19FN2O5. The largest absolute Gasteiger partial charge is 0.503 e. The molecule has 2 aromatic heterocycles. The zero-order valence-electron chi connectivity index (χ0n) is 18.1. The summed E-state index contributed by atoms with van der Waals surface area (Å²) in [4.78, 5) is 32.0. The summed E-state index contributed by atoms with van der Waals surface area (Å²) >= 11 is 0. The summed E-state index contributed by atoms with van der Waals surface area (Å²) < 4.78 is 26.0.